The molecule has 0 spiro atoms. The average Bonchev–Trinajstić information content (AvgIpc) is 2.25. The first kappa shape index (κ1) is 13.0. The van der Waals surface area contributed by atoms with Crippen LogP contribution in [0.2, 0.25) is 0 Å². The number of sulfonamides is 1. The third-order valence-corrected chi connectivity index (χ3v) is 3.74. The zero-order valence-electron chi connectivity index (χ0n) is 9.44. The SMILES string of the molecule is CCCCCNS(=O)(=O)c1ccc(N)cc1. The predicted octanol–water partition coefficient (Wildman–Crippen LogP) is 1.74. The van der Waals surface area contributed by atoms with Crippen molar-refractivity contribution in [1.29, 1.82) is 0 Å². The summed E-state index contributed by atoms with van der Waals surface area (Å²) in [6, 6.07) is 6.19. The minimum absolute atomic E-state index is 0.262. The predicted molar refractivity (Wildman–Crippen MR) is 65.6 cm³/mol. The Hall–Kier alpha value is -1.07. The third-order valence-electron chi connectivity index (χ3n) is 2.26. The summed E-state index contributed by atoms with van der Waals surface area (Å²) < 4.78 is 26.1. The van der Waals surface area contributed by atoms with Gasteiger partial charge in [-0.05, 0) is 30.7 Å². The van der Waals surface area contributed by atoms with Crippen LogP contribution in [-0.2, 0) is 10.0 Å². The van der Waals surface area contributed by atoms with Gasteiger partial charge in [-0.3, -0.25) is 0 Å². The number of anilines is 1. The number of rotatable bonds is 6. The Labute approximate surface area is 96.9 Å². The van der Waals surface area contributed by atoms with Crippen molar-refractivity contribution in [2.45, 2.75) is 31.1 Å². The van der Waals surface area contributed by atoms with Crippen molar-refractivity contribution in [3.63, 3.8) is 0 Å². The van der Waals surface area contributed by atoms with E-state index in [9.17, 15) is 8.42 Å². The molecular formula is C11H18N2O2S. The molecule has 0 aliphatic rings. The molecule has 0 saturated carbocycles. The van der Waals surface area contributed by atoms with Gasteiger partial charge in [-0.15, -0.1) is 0 Å². The normalized spacial score (nSPS) is 11.6. The molecule has 4 nitrogen and oxygen atoms in total. The van der Waals surface area contributed by atoms with Gasteiger partial charge >= 0.3 is 0 Å². The van der Waals surface area contributed by atoms with E-state index < -0.39 is 10.0 Å². The van der Waals surface area contributed by atoms with Crippen molar-refractivity contribution >= 4 is 15.7 Å². The lowest BCUT2D eigenvalue weighted by molar-refractivity contribution is 0.576. The first-order valence-corrected chi connectivity index (χ1v) is 6.90. The monoisotopic (exact) mass is 242 g/mol. The molecule has 0 atom stereocenters. The number of nitrogen functional groups attached to an aromatic ring is 1. The molecule has 1 aromatic carbocycles. The quantitative estimate of drug-likeness (QED) is 0.589. The second kappa shape index (κ2) is 5.86. The fourth-order valence-corrected chi connectivity index (χ4v) is 2.39. The Bertz CT molecular complexity index is 412. The molecule has 0 aliphatic carbocycles. The summed E-state index contributed by atoms with van der Waals surface area (Å²) in [5.74, 6) is 0. The summed E-state index contributed by atoms with van der Waals surface area (Å²) in [4.78, 5) is 0.262. The molecule has 90 valence electrons. The van der Waals surface area contributed by atoms with Gasteiger partial charge in [0.05, 0.1) is 4.90 Å². The van der Waals surface area contributed by atoms with E-state index in [1.165, 1.54) is 12.1 Å². The smallest absolute Gasteiger partial charge is 0.240 e. The highest BCUT2D eigenvalue weighted by atomic mass is 32.2. The molecule has 0 fully saturated rings. The highest BCUT2D eigenvalue weighted by Crippen LogP contribution is 2.11. The van der Waals surface area contributed by atoms with E-state index in [0.29, 0.717) is 12.2 Å². The van der Waals surface area contributed by atoms with Crippen LogP contribution in [0, 0.1) is 0 Å². The second-order valence-electron chi connectivity index (χ2n) is 3.67. The van der Waals surface area contributed by atoms with Gasteiger partial charge in [0.1, 0.15) is 0 Å². The topological polar surface area (TPSA) is 72.2 Å². The van der Waals surface area contributed by atoms with Gasteiger partial charge in [-0.25, -0.2) is 13.1 Å². The van der Waals surface area contributed by atoms with Gasteiger partial charge in [-0.1, -0.05) is 19.8 Å². The highest BCUT2D eigenvalue weighted by molar-refractivity contribution is 7.89. The number of nitrogens with two attached hydrogens (primary N) is 1. The van der Waals surface area contributed by atoms with Gasteiger partial charge in [0.2, 0.25) is 10.0 Å². The summed E-state index contributed by atoms with van der Waals surface area (Å²) in [6.45, 7) is 2.56. The molecule has 0 heterocycles. The molecule has 16 heavy (non-hydrogen) atoms. The number of benzene rings is 1. The highest BCUT2D eigenvalue weighted by Gasteiger charge is 2.12. The van der Waals surface area contributed by atoms with Crippen molar-refractivity contribution in [1.82, 2.24) is 4.72 Å². The molecule has 1 aromatic rings. The zero-order chi connectivity index (χ0) is 12.0. The number of hydrogen-bond acceptors (Lipinski definition) is 3. The summed E-state index contributed by atoms with van der Waals surface area (Å²) in [5, 5.41) is 0. The minimum atomic E-state index is -3.36. The molecule has 0 bridgehead atoms. The summed E-state index contributed by atoms with van der Waals surface area (Å²) in [5.41, 5.74) is 6.05. The van der Waals surface area contributed by atoms with Crippen LogP contribution >= 0.6 is 0 Å². The van der Waals surface area contributed by atoms with Crippen molar-refractivity contribution in [3.8, 4) is 0 Å². The van der Waals surface area contributed by atoms with Gasteiger partial charge in [0.25, 0.3) is 0 Å². The Morgan fingerprint density at radius 3 is 2.38 bits per heavy atom. The molecule has 0 unspecified atom stereocenters. The maximum atomic E-state index is 11.8. The van der Waals surface area contributed by atoms with Crippen molar-refractivity contribution in [3.05, 3.63) is 24.3 Å². The molecule has 1 rings (SSSR count). The van der Waals surface area contributed by atoms with Crippen LogP contribution in [0.1, 0.15) is 26.2 Å². The van der Waals surface area contributed by atoms with Crippen molar-refractivity contribution < 1.29 is 8.42 Å². The summed E-state index contributed by atoms with van der Waals surface area (Å²) in [6.07, 6.45) is 2.97. The minimum Gasteiger partial charge on any atom is -0.399 e. The number of nitrogens with one attached hydrogen (secondary N) is 1. The molecule has 3 N–H and O–H groups in total. The van der Waals surface area contributed by atoms with Crippen LogP contribution in [0.15, 0.2) is 29.2 Å². The van der Waals surface area contributed by atoms with E-state index in [1.54, 1.807) is 12.1 Å². The van der Waals surface area contributed by atoms with E-state index in [-0.39, 0.29) is 4.90 Å². The molecule has 0 radical (unpaired) electrons. The first-order valence-electron chi connectivity index (χ1n) is 5.41. The molecule has 5 heteroatoms. The number of hydrogen-bond donors (Lipinski definition) is 2. The van der Waals surface area contributed by atoms with Crippen LogP contribution in [0.3, 0.4) is 0 Å². The van der Waals surface area contributed by atoms with E-state index in [1.807, 2.05) is 0 Å². The van der Waals surface area contributed by atoms with Gasteiger partial charge in [0.15, 0.2) is 0 Å². The Morgan fingerprint density at radius 1 is 1.19 bits per heavy atom. The summed E-state index contributed by atoms with van der Waals surface area (Å²) in [7, 11) is -3.36. The molecule has 0 aromatic heterocycles. The van der Waals surface area contributed by atoms with Crippen LogP contribution in [0.25, 0.3) is 0 Å². The van der Waals surface area contributed by atoms with E-state index >= 15 is 0 Å². The fraction of sp³-hybridized carbons (Fsp3) is 0.455. The van der Waals surface area contributed by atoms with E-state index in [2.05, 4.69) is 11.6 Å². The third kappa shape index (κ3) is 3.83. The average molecular weight is 242 g/mol. The molecule has 0 saturated heterocycles. The van der Waals surface area contributed by atoms with Gasteiger partial charge in [-0.2, -0.15) is 0 Å². The lowest BCUT2D eigenvalue weighted by Crippen LogP contribution is -2.24. The standard InChI is InChI=1S/C11H18N2O2S/c1-2-3-4-9-13-16(14,15)11-7-5-10(12)6-8-11/h5-8,13H,2-4,9,12H2,1H3. The van der Waals surface area contributed by atoms with Crippen molar-refractivity contribution in [2.75, 3.05) is 12.3 Å². The maximum Gasteiger partial charge on any atom is 0.240 e. The first-order chi connectivity index (χ1) is 7.56. The molecule has 0 aliphatic heterocycles. The summed E-state index contributed by atoms with van der Waals surface area (Å²) >= 11 is 0. The largest absolute Gasteiger partial charge is 0.399 e. The van der Waals surface area contributed by atoms with E-state index in [4.69, 9.17) is 5.73 Å². The number of unbranched alkanes of at least 4 members (excludes halogenated alkanes) is 2. The Kier molecular flexibility index (Phi) is 4.76. The van der Waals surface area contributed by atoms with Crippen LogP contribution in [0.4, 0.5) is 5.69 Å². The van der Waals surface area contributed by atoms with Crippen LogP contribution in [0.5, 0.6) is 0 Å². The van der Waals surface area contributed by atoms with Crippen molar-refractivity contribution in [2.24, 2.45) is 0 Å². The zero-order valence-corrected chi connectivity index (χ0v) is 10.3. The molecule has 0 amide bonds. The lowest BCUT2D eigenvalue weighted by Gasteiger charge is -2.06. The van der Waals surface area contributed by atoms with Gasteiger partial charge in [0, 0.05) is 12.2 Å². The van der Waals surface area contributed by atoms with Gasteiger partial charge < -0.3 is 5.73 Å². The van der Waals surface area contributed by atoms with Crippen LogP contribution in [-0.4, -0.2) is 15.0 Å². The fourth-order valence-electron chi connectivity index (χ4n) is 1.31. The lowest BCUT2D eigenvalue weighted by atomic mass is 10.3. The van der Waals surface area contributed by atoms with E-state index in [0.717, 1.165) is 19.3 Å². The Balaban J connectivity index is 2.60. The second-order valence-corrected chi connectivity index (χ2v) is 5.44. The van der Waals surface area contributed by atoms with Crippen LogP contribution < -0.4 is 10.5 Å². The maximum absolute atomic E-state index is 11.8. The Morgan fingerprint density at radius 2 is 1.81 bits per heavy atom. The molecular weight excluding hydrogens is 224 g/mol.